The summed E-state index contributed by atoms with van der Waals surface area (Å²) in [7, 11) is 0. The first kappa shape index (κ1) is 40.3. The number of amides is 1. The van der Waals surface area contributed by atoms with Gasteiger partial charge >= 0.3 is 11.9 Å². The maximum absolute atomic E-state index is 12.7. The Kier molecular flexibility index (Phi) is 18.8. The van der Waals surface area contributed by atoms with Crippen LogP contribution in [0.1, 0.15) is 147 Å². The molecular weight excluding hydrogens is 651 g/mol. The van der Waals surface area contributed by atoms with Crippen LogP contribution in [0.5, 0.6) is 5.75 Å². The number of nitrogens with one attached hydrogen (secondary N) is 1. The minimum Gasteiger partial charge on any atom is -0.494 e. The van der Waals surface area contributed by atoms with Gasteiger partial charge in [-0.1, -0.05) is 115 Å². The minimum atomic E-state index is -1.18. The maximum Gasteiger partial charge on any atom is 0.336 e. The Labute approximate surface area is 301 Å². The Balaban J connectivity index is 1.29. The Morgan fingerprint density at radius 2 is 1.14 bits per heavy atom. The van der Waals surface area contributed by atoms with Gasteiger partial charge in [0.15, 0.2) is 5.78 Å². The van der Waals surface area contributed by atoms with Gasteiger partial charge in [-0.2, -0.15) is 0 Å². The molecule has 0 spiro atoms. The molecule has 0 aliphatic carbocycles. The standard InChI is InChI=1S/C41H53NO7S/c1-2-3-4-5-6-7-8-9-10-11-12-13-14-15-16-17-28-49-34-23-18-31(19-24-34)37(43)30-39(44)42-33-22-27-38(36(29-33)41(47)48)50-35-25-20-32(21-26-35)40(45)46/h18-27,29H,2-17,28,30H2,1H3,(H,42,44)(H,45,46)(H,47,48). The number of benzene rings is 3. The molecule has 0 aliphatic rings. The van der Waals surface area contributed by atoms with Crippen molar-refractivity contribution in [2.45, 2.75) is 126 Å². The lowest BCUT2D eigenvalue weighted by atomic mass is 10.0. The Morgan fingerprint density at radius 3 is 1.66 bits per heavy atom. The number of ether oxygens (including phenoxy) is 1. The Morgan fingerprint density at radius 1 is 0.620 bits per heavy atom. The average Bonchev–Trinajstić information content (AvgIpc) is 3.10. The summed E-state index contributed by atoms with van der Waals surface area (Å²) in [5.41, 5.74) is 0.743. The van der Waals surface area contributed by atoms with E-state index in [9.17, 15) is 24.3 Å². The summed E-state index contributed by atoms with van der Waals surface area (Å²) in [6, 6.07) is 17.3. The molecule has 0 saturated carbocycles. The molecule has 0 unspecified atom stereocenters. The Bertz CT molecular complexity index is 1490. The molecule has 0 radical (unpaired) electrons. The monoisotopic (exact) mass is 703 g/mol. The summed E-state index contributed by atoms with van der Waals surface area (Å²) in [5.74, 6) is -2.46. The second kappa shape index (κ2) is 23.3. The van der Waals surface area contributed by atoms with Crippen molar-refractivity contribution in [2.75, 3.05) is 11.9 Å². The van der Waals surface area contributed by atoms with Crippen LogP contribution >= 0.6 is 11.8 Å². The summed E-state index contributed by atoms with van der Waals surface area (Å²) in [5, 5.41) is 21.4. The molecule has 0 bridgehead atoms. The molecule has 9 heteroatoms. The number of rotatable bonds is 26. The van der Waals surface area contributed by atoms with Crippen LogP contribution in [0.15, 0.2) is 76.5 Å². The summed E-state index contributed by atoms with van der Waals surface area (Å²) in [6.07, 6.45) is 20.8. The molecule has 0 saturated heterocycles. The lowest BCUT2D eigenvalue weighted by molar-refractivity contribution is -0.115. The number of ketones is 1. The average molecular weight is 704 g/mol. The molecule has 3 N–H and O–H groups in total. The van der Waals surface area contributed by atoms with E-state index in [0.717, 1.165) is 24.6 Å². The first-order chi connectivity index (χ1) is 24.3. The van der Waals surface area contributed by atoms with Crippen LogP contribution in [0, 0.1) is 0 Å². The quantitative estimate of drug-likeness (QED) is 0.0428. The van der Waals surface area contributed by atoms with Crippen molar-refractivity contribution in [1.82, 2.24) is 0 Å². The highest BCUT2D eigenvalue weighted by atomic mass is 32.2. The number of Topliss-reactive ketones (excluding diaryl/α,β-unsaturated/α-hetero) is 1. The number of carbonyl (C=O) groups is 4. The molecule has 50 heavy (non-hydrogen) atoms. The maximum atomic E-state index is 12.7. The van der Waals surface area contributed by atoms with Crippen molar-refractivity contribution in [2.24, 2.45) is 0 Å². The molecule has 3 aromatic carbocycles. The van der Waals surface area contributed by atoms with Gasteiger partial charge in [-0.15, -0.1) is 0 Å². The number of hydrogen-bond acceptors (Lipinski definition) is 6. The number of unbranched alkanes of at least 4 members (excludes halogenated alkanes) is 15. The fourth-order valence-electron chi connectivity index (χ4n) is 5.69. The zero-order chi connectivity index (χ0) is 36.0. The zero-order valence-electron chi connectivity index (χ0n) is 29.4. The first-order valence-corrected chi connectivity index (χ1v) is 19.0. The highest BCUT2D eigenvalue weighted by Gasteiger charge is 2.16. The Hall–Kier alpha value is -4.11. The zero-order valence-corrected chi connectivity index (χ0v) is 30.2. The highest BCUT2D eigenvalue weighted by molar-refractivity contribution is 7.99. The normalized spacial score (nSPS) is 10.9. The van der Waals surface area contributed by atoms with Crippen molar-refractivity contribution in [3.8, 4) is 5.75 Å². The number of carbonyl (C=O) groups excluding carboxylic acids is 2. The molecule has 0 atom stereocenters. The summed E-state index contributed by atoms with van der Waals surface area (Å²) in [6.45, 7) is 2.89. The summed E-state index contributed by atoms with van der Waals surface area (Å²) in [4.78, 5) is 49.5. The van der Waals surface area contributed by atoms with Gasteiger partial charge in [-0.05, 0) is 73.2 Å². The molecular formula is C41H53NO7S. The molecule has 270 valence electrons. The van der Waals surface area contributed by atoms with E-state index in [-0.39, 0.29) is 22.6 Å². The molecule has 1 amide bonds. The van der Waals surface area contributed by atoms with Gasteiger partial charge in [-0.25, -0.2) is 9.59 Å². The second-order valence-corrected chi connectivity index (χ2v) is 13.9. The van der Waals surface area contributed by atoms with Crippen molar-refractivity contribution in [1.29, 1.82) is 0 Å². The van der Waals surface area contributed by atoms with E-state index in [4.69, 9.17) is 9.84 Å². The molecule has 8 nitrogen and oxygen atoms in total. The SMILES string of the molecule is CCCCCCCCCCCCCCCCCCOc1ccc(C(=O)CC(=O)Nc2ccc(Sc3ccc(C(=O)O)cc3)c(C(=O)O)c2)cc1. The molecule has 3 aromatic rings. The van der Waals surface area contributed by atoms with Crippen LogP contribution in [0.4, 0.5) is 5.69 Å². The van der Waals surface area contributed by atoms with Gasteiger partial charge in [0.25, 0.3) is 0 Å². The van der Waals surface area contributed by atoms with Gasteiger partial charge in [0.2, 0.25) is 5.91 Å². The number of aromatic carboxylic acids is 2. The topological polar surface area (TPSA) is 130 Å². The van der Waals surface area contributed by atoms with E-state index in [2.05, 4.69) is 12.2 Å². The highest BCUT2D eigenvalue weighted by Crippen LogP contribution is 2.32. The largest absolute Gasteiger partial charge is 0.494 e. The van der Waals surface area contributed by atoms with E-state index >= 15 is 0 Å². The van der Waals surface area contributed by atoms with Gasteiger partial charge < -0.3 is 20.3 Å². The third kappa shape index (κ3) is 15.6. The third-order valence-electron chi connectivity index (χ3n) is 8.59. The fraction of sp³-hybridized carbons (Fsp3) is 0.463. The lowest BCUT2D eigenvalue weighted by Crippen LogP contribution is -2.17. The van der Waals surface area contributed by atoms with E-state index in [1.54, 1.807) is 48.5 Å². The molecule has 0 fully saturated rings. The van der Waals surface area contributed by atoms with Crippen LogP contribution in [-0.2, 0) is 4.79 Å². The van der Waals surface area contributed by atoms with Gasteiger partial charge in [-0.3, -0.25) is 9.59 Å². The number of carboxylic acid groups (broad SMARTS) is 2. The van der Waals surface area contributed by atoms with Crippen molar-refractivity contribution in [3.63, 3.8) is 0 Å². The van der Waals surface area contributed by atoms with Crippen LogP contribution in [0.3, 0.4) is 0 Å². The van der Waals surface area contributed by atoms with Crippen molar-refractivity contribution >= 4 is 41.1 Å². The second-order valence-electron chi connectivity index (χ2n) is 12.8. The van der Waals surface area contributed by atoms with E-state index < -0.39 is 24.3 Å². The van der Waals surface area contributed by atoms with Gasteiger partial charge in [0, 0.05) is 21.0 Å². The number of hydrogen-bond donors (Lipinski definition) is 3. The molecule has 0 aromatic heterocycles. The van der Waals surface area contributed by atoms with Crippen LogP contribution in [0.25, 0.3) is 0 Å². The number of anilines is 1. The van der Waals surface area contributed by atoms with Crippen molar-refractivity contribution < 1.29 is 34.1 Å². The lowest BCUT2D eigenvalue weighted by Gasteiger charge is -2.10. The summed E-state index contributed by atoms with van der Waals surface area (Å²) >= 11 is 1.16. The molecule has 3 rings (SSSR count). The summed E-state index contributed by atoms with van der Waals surface area (Å²) < 4.78 is 5.85. The van der Waals surface area contributed by atoms with Crippen LogP contribution < -0.4 is 10.1 Å². The predicted octanol–water partition coefficient (Wildman–Crippen LogP) is 11.1. The van der Waals surface area contributed by atoms with E-state index in [0.29, 0.717) is 27.7 Å². The molecule has 0 aliphatic heterocycles. The third-order valence-corrected chi connectivity index (χ3v) is 9.67. The first-order valence-electron chi connectivity index (χ1n) is 18.2. The fourth-order valence-corrected chi connectivity index (χ4v) is 6.61. The number of carboxylic acids is 2. The van der Waals surface area contributed by atoms with E-state index in [1.165, 1.54) is 108 Å². The van der Waals surface area contributed by atoms with E-state index in [1.807, 2.05) is 0 Å². The van der Waals surface area contributed by atoms with Crippen LogP contribution in [0.2, 0.25) is 0 Å². The van der Waals surface area contributed by atoms with Gasteiger partial charge in [0.05, 0.1) is 24.2 Å². The predicted molar refractivity (Wildman–Crippen MR) is 200 cm³/mol. The smallest absolute Gasteiger partial charge is 0.336 e. The van der Waals surface area contributed by atoms with Gasteiger partial charge in [0.1, 0.15) is 5.75 Å². The van der Waals surface area contributed by atoms with Crippen molar-refractivity contribution in [3.05, 3.63) is 83.4 Å². The minimum absolute atomic E-state index is 0.0309. The molecule has 0 heterocycles. The van der Waals surface area contributed by atoms with Crippen LogP contribution in [-0.4, -0.2) is 40.4 Å².